The summed E-state index contributed by atoms with van der Waals surface area (Å²) < 4.78 is 0. The zero-order valence-electron chi connectivity index (χ0n) is 4.80. The van der Waals surface area contributed by atoms with E-state index in [-0.39, 0.29) is 5.70 Å². The molecule has 8 heavy (non-hydrogen) atoms. The summed E-state index contributed by atoms with van der Waals surface area (Å²) in [6.45, 7) is 0. The predicted molar refractivity (Wildman–Crippen MR) is 28.5 cm³/mol. The molecule has 0 saturated heterocycles. The number of carbonyl (C=O) groups excluding carboxylic acids is 1. The summed E-state index contributed by atoms with van der Waals surface area (Å²) in [5.74, 6) is 1.48. The Morgan fingerprint density at radius 2 is 2.12 bits per heavy atom. The molecule has 0 aliphatic carbocycles. The Balaban J connectivity index is 4.20. The molecule has 0 fully saturated rings. The van der Waals surface area contributed by atoms with Gasteiger partial charge in [-0.1, -0.05) is 0 Å². The molecule has 0 aliphatic rings. The lowest BCUT2D eigenvalue weighted by Crippen LogP contribution is -2.09. The molecule has 0 amide bonds. The van der Waals surface area contributed by atoms with Crippen LogP contribution in [0.1, 0.15) is 0 Å². The van der Waals surface area contributed by atoms with Crippen molar-refractivity contribution in [1.82, 2.24) is 4.90 Å². The number of rotatable bonds is 1. The molecule has 0 aromatic carbocycles. The summed E-state index contributed by atoms with van der Waals surface area (Å²) >= 11 is 0. The smallest absolute Gasteiger partial charge is 0.200 e. The van der Waals surface area contributed by atoms with Gasteiger partial charge in [-0.3, -0.25) is 0 Å². The lowest BCUT2D eigenvalue weighted by Gasteiger charge is -2.03. The van der Waals surface area contributed by atoms with Gasteiger partial charge in [-0.05, 0) is 0 Å². The highest BCUT2D eigenvalue weighted by Gasteiger charge is 1.93. The van der Waals surface area contributed by atoms with Crippen molar-refractivity contribution < 1.29 is 4.79 Å². The van der Waals surface area contributed by atoms with E-state index in [4.69, 9.17) is 5.26 Å². The van der Waals surface area contributed by atoms with Gasteiger partial charge in [-0.25, -0.2) is 4.79 Å². The summed E-state index contributed by atoms with van der Waals surface area (Å²) in [4.78, 5) is 11.2. The Labute approximate surface area is 47.8 Å². The van der Waals surface area contributed by atoms with Crippen LogP contribution in [0.3, 0.4) is 0 Å². The van der Waals surface area contributed by atoms with Crippen LogP contribution in [0.15, 0.2) is 5.70 Å². The van der Waals surface area contributed by atoms with Crippen molar-refractivity contribution in [2.45, 2.75) is 0 Å². The van der Waals surface area contributed by atoms with Crippen LogP contribution in [0.2, 0.25) is 0 Å². The van der Waals surface area contributed by atoms with Crippen molar-refractivity contribution >= 4 is 5.94 Å². The normalized spacial score (nSPS) is 6.62. The molecule has 0 aliphatic heterocycles. The van der Waals surface area contributed by atoms with Crippen molar-refractivity contribution in [3.05, 3.63) is 5.70 Å². The van der Waals surface area contributed by atoms with Gasteiger partial charge in [0, 0.05) is 14.1 Å². The van der Waals surface area contributed by atoms with Crippen LogP contribution >= 0.6 is 0 Å². The second-order valence-electron chi connectivity index (χ2n) is 1.46. The number of nitriles is 1. The van der Waals surface area contributed by atoms with E-state index < -0.39 is 0 Å². The van der Waals surface area contributed by atoms with Crippen molar-refractivity contribution in [3.63, 3.8) is 0 Å². The fourth-order valence-electron chi connectivity index (χ4n) is 0.214. The van der Waals surface area contributed by atoms with Gasteiger partial charge in [0.05, 0.1) is 0 Å². The van der Waals surface area contributed by atoms with Crippen molar-refractivity contribution in [2.75, 3.05) is 14.1 Å². The Morgan fingerprint density at radius 3 is 2.12 bits per heavy atom. The molecule has 0 aromatic rings. The monoisotopic (exact) mass is 110 g/mol. The number of allylic oxidation sites excluding steroid dienone is 1. The Bertz CT molecular complexity index is 160. The van der Waals surface area contributed by atoms with Gasteiger partial charge in [0.15, 0.2) is 5.94 Å². The average molecular weight is 110 g/mol. The summed E-state index contributed by atoms with van der Waals surface area (Å²) in [6, 6.07) is 1.67. The summed E-state index contributed by atoms with van der Waals surface area (Å²) in [6.07, 6.45) is 0. The zero-order chi connectivity index (χ0) is 6.57. The second kappa shape index (κ2) is 2.84. The summed E-state index contributed by atoms with van der Waals surface area (Å²) in [5.41, 5.74) is 0.0185. The molecule has 0 spiro atoms. The van der Waals surface area contributed by atoms with Gasteiger partial charge in [-0.2, -0.15) is 5.26 Å². The first kappa shape index (κ1) is 6.74. The van der Waals surface area contributed by atoms with Crippen LogP contribution in [-0.4, -0.2) is 24.9 Å². The highest BCUT2D eigenvalue weighted by atomic mass is 16.1. The summed E-state index contributed by atoms with van der Waals surface area (Å²) in [7, 11) is 3.23. The van der Waals surface area contributed by atoms with Crippen LogP contribution in [0.25, 0.3) is 0 Å². The Morgan fingerprint density at radius 1 is 1.62 bits per heavy atom. The maximum atomic E-state index is 9.75. The quantitative estimate of drug-likeness (QED) is 0.346. The molecule has 0 atom stereocenters. The minimum Gasteiger partial charge on any atom is -0.360 e. The van der Waals surface area contributed by atoms with Gasteiger partial charge < -0.3 is 4.90 Å². The zero-order valence-corrected chi connectivity index (χ0v) is 4.80. The fraction of sp³-hybridized carbons (Fsp3) is 0.400. The molecule has 0 N–H and O–H groups in total. The Kier molecular flexibility index (Phi) is 2.39. The van der Waals surface area contributed by atoms with Crippen LogP contribution in [0, 0.1) is 11.3 Å². The molecule has 0 unspecified atom stereocenters. The van der Waals surface area contributed by atoms with Gasteiger partial charge in [0.2, 0.25) is 5.70 Å². The van der Waals surface area contributed by atoms with E-state index in [1.807, 2.05) is 0 Å². The molecule has 0 rings (SSSR count). The third-order valence-electron chi connectivity index (χ3n) is 0.650. The molecule has 3 nitrogen and oxygen atoms in total. The number of nitrogens with zero attached hydrogens (tertiary/aromatic N) is 2. The first-order valence-corrected chi connectivity index (χ1v) is 2.05. The standard InChI is InChI=1S/C5H6N2O/c1-7(2)5(3-6)4-8/h1-2H3. The molecule has 0 heterocycles. The maximum Gasteiger partial charge on any atom is 0.200 e. The van der Waals surface area contributed by atoms with Gasteiger partial charge in [-0.15, -0.1) is 0 Å². The van der Waals surface area contributed by atoms with E-state index in [2.05, 4.69) is 0 Å². The van der Waals surface area contributed by atoms with Gasteiger partial charge in [0.25, 0.3) is 0 Å². The van der Waals surface area contributed by atoms with E-state index in [0.717, 1.165) is 0 Å². The molecule has 0 radical (unpaired) electrons. The topological polar surface area (TPSA) is 44.1 Å². The van der Waals surface area contributed by atoms with Crippen LogP contribution in [-0.2, 0) is 4.79 Å². The second-order valence-corrected chi connectivity index (χ2v) is 1.46. The molecular formula is C5H6N2O. The summed E-state index contributed by atoms with van der Waals surface area (Å²) in [5, 5.41) is 8.11. The Hall–Kier alpha value is -1.26. The first-order chi connectivity index (χ1) is 3.72. The van der Waals surface area contributed by atoms with E-state index in [9.17, 15) is 4.79 Å². The van der Waals surface area contributed by atoms with Crippen LogP contribution in [0.5, 0.6) is 0 Å². The molecular weight excluding hydrogens is 104 g/mol. The molecule has 0 saturated carbocycles. The van der Waals surface area contributed by atoms with Crippen molar-refractivity contribution in [1.29, 1.82) is 5.26 Å². The molecule has 3 heteroatoms. The molecule has 42 valence electrons. The third-order valence-corrected chi connectivity index (χ3v) is 0.650. The fourth-order valence-corrected chi connectivity index (χ4v) is 0.214. The predicted octanol–water partition coefficient (Wildman–Crippen LogP) is -0.213. The van der Waals surface area contributed by atoms with Crippen molar-refractivity contribution in [3.8, 4) is 6.07 Å². The van der Waals surface area contributed by atoms with Gasteiger partial charge in [0.1, 0.15) is 6.07 Å². The van der Waals surface area contributed by atoms with E-state index >= 15 is 0 Å². The van der Waals surface area contributed by atoms with Crippen molar-refractivity contribution in [2.24, 2.45) is 0 Å². The van der Waals surface area contributed by atoms with Crippen LogP contribution in [0.4, 0.5) is 0 Å². The lowest BCUT2D eigenvalue weighted by atomic mass is 10.5. The highest BCUT2D eigenvalue weighted by molar-refractivity contribution is 5.57. The van der Waals surface area contributed by atoms with Gasteiger partial charge >= 0.3 is 0 Å². The van der Waals surface area contributed by atoms with E-state index in [1.54, 1.807) is 20.2 Å². The first-order valence-electron chi connectivity index (χ1n) is 2.05. The lowest BCUT2D eigenvalue weighted by molar-refractivity contribution is 0.518. The number of hydrogen-bond acceptors (Lipinski definition) is 3. The SMILES string of the molecule is CN(C)C(=C=O)C#N. The largest absolute Gasteiger partial charge is 0.360 e. The average Bonchev–Trinajstić information content (AvgIpc) is 1.69. The highest BCUT2D eigenvalue weighted by Crippen LogP contribution is 1.86. The van der Waals surface area contributed by atoms with E-state index in [0.29, 0.717) is 0 Å². The van der Waals surface area contributed by atoms with Crippen LogP contribution < -0.4 is 0 Å². The maximum absolute atomic E-state index is 9.75. The molecule has 0 bridgehead atoms. The number of hydrogen-bond donors (Lipinski definition) is 0. The third kappa shape index (κ3) is 1.46. The minimum atomic E-state index is 0.0185. The minimum absolute atomic E-state index is 0.0185. The van der Waals surface area contributed by atoms with E-state index in [1.165, 1.54) is 10.8 Å². The molecule has 0 aromatic heterocycles.